The highest BCUT2D eigenvalue weighted by Gasteiger charge is 2.31. The third-order valence-corrected chi connectivity index (χ3v) is 3.54. The molecular weight excluding hydrogens is 298 g/mol. The Labute approximate surface area is 134 Å². The topological polar surface area (TPSA) is 82.4 Å². The molecule has 1 amide bonds. The first-order chi connectivity index (χ1) is 10.8. The van der Waals surface area contributed by atoms with Crippen LogP contribution in [0.3, 0.4) is 0 Å². The minimum absolute atomic E-state index is 0.123. The molecule has 0 saturated carbocycles. The molecule has 1 atom stereocenters. The summed E-state index contributed by atoms with van der Waals surface area (Å²) in [6.45, 7) is 6.65. The van der Waals surface area contributed by atoms with E-state index in [1.807, 2.05) is 32.4 Å². The number of carbonyl (C=O) groups is 1. The third-order valence-electron chi connectivity index (χ3n) is 3.54. The average Bonchev–Trinajstić information content (AvgIpc) is 3.06. The van der Waals surface area contributed by atoms with Crippen molar-refractivity contribution in [2.24, 2.45) is 7.05 Å². The van der Waals surface area contributed by atoms with Crippen molar-refractivity contribution >= 4 is 17.3 Å². The van der Waals surface area contributed by atoms with Crippen LogP contribution in [-0.4, -0.2) is 55.3 Å². The fourth-order valence-corrected chi connectivity index (χ4v) is 2.48. The summed E-state index contributed by atoms with van der Waals surface area (Å²) in [7, 11) is 1.87. The molecule has 2 aromatic rings. The maximum absolute atomic E-state index is 12.1. The summed E-state index contributed by atoms with van der Waals surface area (Å²) in [5.74, 6) is 0.451. The number of likely N-dealkylation sites (tertiary alicyclic amines) is 1. The van der Waals surface area contributed by atoms with E-state index in [1.54, 1.807) is 11.2 Å². The highest BCUT2D eigenvalue weighted by molar-refractivity contribution is 5.75. The number of fused-ring (bicyclic) bond motifs is 1. The van der Waals surface area contributed by atoms with Crippen LogP contribution in [0.15, 0.2) is 12.7 Å². The molecule has 0 radical (unpaired) electrons. The summed E-state index contributed by atoms with van der Waals surface area (Å²) < 4.78 is 13.1. The van der Waals surface area contributed by atoms with E-state index < -0.39 is 5.60 Å². The highest BCUT2D eigenvalue weighted by atomic mass is 16.6. The van der Waals surface area contributed by atoms with Gasteiger partial charge in [-0.2, -0.15) is 4.98 Å². The zero-order valence-electron chi connectivity index (χ0n) is 13.8. The zero-order valence-corrected chi connectivity index (χ0v) is 13.8. The van der Waals surface area contributed by atoms with Crippen LogP contribution in [0.2, 0.25) is 0 Å². The van der Waals surface area contributed by atoms with E-state index in [0.717, 1.165) is 12.1 Å². The van der Waals surface area contributed by atoms with E-state index in [4.69, 9.17) is 9.47 Å². The quantitative estimate of drug-likeness (QED) is 0.838. The Bertz CT molecular complexity index is 721. The van der Waals surface area contributed by atoms with Gasteiger partial charge in [0.05, 0.1) is 12.9 Å². The molecule has 3 rings (SSSR count). The van der Waals surface area contributed by atoms with E-state index >= 15 is 0 Å². The third kappa shape index (κ3) is 3.35. The van der Waals surface area contributed by atoms with Gasteiger partial charge in [0.15, 0.2) is 11.2 Å². The number of rotatable bonds is 2. The lowest BCUT2D eigenvalue weighted by Gasteiger charge is -2.24. The number of imidazole rings is 1. The van der Waals surface area contributed by atoms with Gasteiger partial charge in [0.25, 0.3) is 0 Å². The molecule has 8 nitrogen and oxygen atoms in total. The molecule has 3 heterocycles. The van der Waals surface area contributed by atoms with Crippen molar-refractivity contribution in [3.8, 4) is 5.88 Å². The molecular formula is C15H21N5O3. The van der Waals surface area contributed by atoms with E-state index in [9.17, 15) is 4.79 Å². The predicted molar refractivity (Wildman–Crippen MR) is 83.1 cm³/mol. The van der Waals surface area contributed by atoms with Crippen LogP contribution in [0.4, 0.5) is 4.79 Å². The molecule has 1 fully saturated rings. The van der Waals surface area contributed by atoms with Gasteiger partial charge in [0, 0.05) is 20.0 Å². The Morgan fingerprint density at radius 1 is 1.30 bits per heavy atom. The molecule has 1 aliphatic heterocycles. The van der Waals surface area contributed by atoms with Gasteiger partial charge >= 0.3 is 6.09 Å². The number of nitrogens with zero attached hydrogens (tertiary/aromatic N) is 5. The maximum Gasteiger partial charge on any atom is 0.410 e. The Hall–Kier alpha value is -2.38. The monoisotopic (exact) mass is 319 g/mol. The molecule has 1 saturated heterocycles. The molecule has 124 valence electrons. The Morgan fingerprint density at radius 3 is 2.83 bits per heavy atom. The lowest BCUT2D eigenvalue weighted by Crippen LogP contribution is -2.36. The van der Waals surface area contributed by atoms with Crippen LogP contribution in [0.25, 0.3) is 11.2 Å². The van der Waals surface area contributed by atoms with E-state index in [1.165, 1.54) is 6.33 Å². The second-order valence-electron chi connectivity index (χ2n) is 6.66. The smallest absolute Gasteiger partial charge is 0.410 e. The van der Waals surface area contributed by atoms with Gasteiger partial charge in [-0.15, -0.1) is 0 Å². The SMILES string of the molecule is Cn1cnc2c(O[C@H]3CCN(C(=O)OC(C)(C)C)C3)ncnc21. The first-order valence-electron chi connectivity index (χ1n) is 7.60. The molecule has 1 aliphatic rings. The summed E-state index contributed by atoms with van der Waals surface area (Å²) >= 11 is 0. The maximum atomic E-state index is 12.1. The van der Waals surface area contributed by atoms with Gasteiger partial charge in [-0.25, -0.2) is 14.8 Å². The molecule has 23 heavy (non-hydrogen) atoms. The van der Waals surface area contributed by atoms with Gasteiger partial charge in [-0.3, -0.25) is 0 Å². The van der Waals surface area contributed by atoms with E-state index in [0.29, 0.717) is 24.5 Å². The largest absolute Gasteiger partial charge is 0.471 e. The molecule has 0 unspecified atom stereocenters. The van der Waals surface area contributed by atoms with Crippen molar-refractivity contribution in [2.75, 3.05) is 13.1 Å². The first-order valence-corrected chi connectivity index (χ1v) is 7.60. The number of carbonyl (C=O) groups excluding carboxylic acids is 1. The van der Waals surface area contributed by atoms with Gasteiger partial charge in [0.1, 0.15) is 18.0 Å². The van der Waals surface area contributed by atoms with Gasteiger partial charge < -0.3 is 18.9 Å². The number of hydrogen-bond donors (Lipinski definition) is 0. The molecule has 0 aliphatic carbocycles. The lowest BCUT2D eigenvalue weighted by atomic mass is 10.2. The molecule has 0 bridgehead atoms. The number of aryl methyl sites for hydroxylation is 1. The van der Waals surface area contributed by atoms with E-state index in [-0.39, 0.29) is 12.2 Å². The van der Waals surface area contributed by atoms with Gasteiger partial charge in [0.2, 0.25) is 5.88 Å². The van der Waals surface area contributed by atoms with Gasteiger partial charge in [-0.1, -0.05) is 0 Å². The minimum Gasteiger partial charge on any atom is -0.471 e. The van der Waals surface area contributed by atoms with Crippen molar-refractivity contribution in [2.45, 2.75) is 38.9 Å². The number of amides is 1. The Kier molecular flexibility index (Phi) is 3.83. The van der Waals surface area contributed by atoms with Crippen molar-refractivity contribution < 1.29 is 14.3 Å². The Balaban J connectivity index is 1.67. The molecule has 0 spiro atoms. The second-order valence-corrected chi connectivity index (χ2v) is 6.66. The lowest BCUT2D eigenvalue weighted by molar-refractivity contribution is 0.0275. The van der Waals surface area contributed by atoms with Crippen LogP contribution in [0.5, 0.6) is 5.88 Å². The highest BCUT2D eigenvalue weighted by Crippen LogP contribution is 2.23. The molecule has 0 N–H and O–H groups in total. The minimum atomic E-state index is -0.497. The van der Waals surface area contributed by atoms with Crippen LogP contribution in [0, 0.1) is 0 Å². The van der Waals surface area contributed by atoms with Crippen LogP contribution in [0.1, 0.15) is 27.2 Å². The summed E-state index contributed by atoms with van der Waals surface area (Å²) in [5.41, 5.74) is 0.853. The fraction of sp³-hybridized carbons (Fsp3) is 0.600. The van der Waals surface area contributed by atoms with Crippen molar-refractivity contribution in [3.63, 3.8) is 0 Å². The van der Waals surface area contributed by atoms with Crippen molar-refractivity contribution in [1.29, 1.82) is 0 Å². The predicted octanol–water partition coefficient (Wildman–Crippen LogP) is 1.75. The number of aromatic nitrogens is 4. The zero-order chi connectivity index (χ0) is 16.6. The standard InChI is InChI=1S/C15H21N5O3/c1-15(2,3)23-14(21)20-6-5-10(7-20)22-13-11-12(16-8-17-13)19(4)9-18-11/h8-10H,5-7H2,1-4H3/t10-/m0/s1. The Morgan fingerprint density at radius 2 is 2.09 bits per heavy atom. The van der Waals surface area contributed by atoms with Gasteiger partial charge in [-0.05, 0) is 20.8 Å². The molecule has 2 aromatic heterocycles. The molecule has 0 aromatic carbocycles. The van der Waals surface area contributed by atoms with Crippen LogP contribution < -0.4 is 4.74 Å². The normalized spacial score (nSPS) is 18.4. The fourth-order valence-electron chi connectivity index (χ4n) is 2.48. The molecule has 8 heteroatoms. The van der Waals surface area contributed by atoms with Crippen molar-refractivity contribution in [1.82, 2.24) is 24.4 Å². The average molecular weight is 319 g/mol. The second kappa shape index (κ2) is 5.68. The van der Waals surface area contributed by atoms with Crippen LogP contribution >= 0.6 is 0 Å². The van der Waals surface area contributed by atoms with Crippen LogP contribution in [-0.2, 0) is 11.8 Å². The first kappa shape index (κ1) is 15.5. The summed E-state index contributed by atoms with van der Waals surface area (Å²) in [4.78, 5) is 26.4. The number of hydrogen-bond acceptors (Lipinski definition) is 6. The van der Waals surface area contributed by atoms with Crippen molar-refractivity contribution in [3.05, 3.63) is 12.7 Å². The van der Waals surface area contributed by atoms with E-state index in [2.05, 4.69) is 15.0 Å². The summed E-state index contributed by atoms with van der Waals surface area (Å²) in [6.07, 6.45) is 3.43. The summed E-state index contributed by atoms with van der Waals surface area (Å²) in [5, 5.41) is 0. The number of ether oxygens (including phenoxy) is 2. The summed E-state index contributed by atoms with van der Waals surface area (Å²) in [6, 6.07) is 0.